The monoisotopic (exact) mass is 311 g/mol. The fourth-order valence-electron chi connectivity index (χ4n) is 3.34. The Labute approximate surface area is 130 Å². The zero-order chi connectivity index (χ0) is 15.5. The number of methoxy groups -OCH3 is 2. The number of hydrogen-bond acceptors (Lipinski definition) is 4. The number of halogens is 1. The number of benzene rings is 1. The van der Waals surface area contributed by atoms with Crippen LogP contribution in [0.1, 0.15) is 48.0 Å². The minimum atomic E-state index is -0.151. The fourth-order valence-corrected chi connectivity index (χ4v) is 3.58. The lowest BCUT2D eigenvalue weighted by molar-refractivity contribution is 0.112. The molecule has 0 heterocycles. The van der Waals surface area contributed by atoms with Gasteiger partial charge in [0.25, 0.3) is 0 Å². The van der Waals surface area contributed by atoms with Gasteiger partial charge in [0.05, 0.1) is 24.8 Å². The van der Waals surface area contributed by atoms with Gasteiger partial charge in [-0.25, -0.2) is 0 Å². The summed E-state index contributed by atoms with van der Waals surface area (Å²) in [6.45, 7) is 0.531. The van der Waals surface area contributed by atoms with Gasteiger partial charge in [0.2, 0.25) is 0 Å². The van der Waals surface area contributed by atoms with E-state index in [0.29, 0.717) is 34.9 Å². The van der Waals surface area contributed by atoms with Crippen molar-refractivity contribution in [3.63, 3.8) is 0 Å². The van der Waals surface area contributed by atoms with Crippen LogP contribution in [0.2, 0.25) is 5.02 Å². The van der Waals surface area contributed by atoms with Crippen LogP contribution in [-0.2, 0) is 5.41 Å². The molecule has 0 atom stereocenters. The lowest BCUT2D eigenvalue weighted by Gasteiger charge is -2.38. The van der Waals surface area contributed by atoms with Gasteiger partial charge in [-0.3, -0.25) is 4.79 Å². The molecule has 1 saturated carbocycles. The maximum Gasteiger partial charge on any atom is 0.173 e. The lowest BCUT2D eigenvalue weighted by Crippen LogP contribution is -2.37. The number of aldehydes is 1. The van der Waals surface area contributed by atoms with Crippen LogP contribution in [0.4, 0.5) is 0 Å². The van der Waals surface area contributed by atoms with E-state index in [2.05, 4.69) is 0 Å². The molecule has 0 bridgehead atoms. The number of hydrogen-bond donors (Lipinski definition) is 1. The van der Waals surface area contributed by atoms with Gasteiger partial charge >= 0.3 is 0 Å². The van der Waals surface area contributed by atoms with Gasteiger partial charge in [0.1, 0.15) is 0 Å². The summed E-state index contributed by atoms with van der Waals surface area (Å²) >= 11 is 6.27. The SMILES string of the molecule is COc1c(C2(CN)CCCCC2)cc(Cl)c(C=O)c1OC. The van der Waals surface area contributed by atoms with Crippen LogP contribution in [0.5, 0.6) is 11.5 Å². The Bertz CT molecular complexity index is 525. The highest BCUT2D eigenvalue weighted by molar-refractivity contribution is 6.33. The Balaban J connectivity index is 2.67. The van der Waals surface area contributed by atoms with Crippen molar-refractivity contribution in [3.8, 4) is 11.5 Å². The third-order valence-corrected chi connectivity index (χ3v) is 4.84. The summed E-state index contributed by atoms with van der Waals surface area (Å²) in [5.41, 5.74) is 7.23. The number of ether oxygens (including phenoxy) is 2. The molecule has 0 amide bonds. The first kappa shape index (κ1) is 16.1. The molecule has 21 heavy (non-hydrogen) atoms. The van der Waals surface area contributed by atoms with E-state index in [-0.39, 0.29) is 5.41 Å². The molecule has 1 fully saturated rings. The predicted molar refractivity (Wildman–Crippen MR) is 83.8 cm³/mol. The fraction of sp³-hybridized carbons (Fsp3) is 0.562. The van der Waals surface area contributed by atoms with Gasteiger partial charge in [-0.2, -0.15) is 0 Å². The minimum Gasteiger partial charge on any atom is -0.493 e. The summed E-state index contributed by atoms with van der Waals surface area (Å²) in [5.74, 6) is 0.977. The zero-order valence-electron chi connectivity index (χ0n) is 12.6. The first-order valence-electron chi connectivity index (χ1n) is 7.23. The summed E-state index contributed by atoms with van der Waals surface area (Å²) in [7, 11) is 3.10. The van der Waals surface area contributed by atoms with Gasteiger partial charge < -0.3 is 15.2 Å². The number of rotatable bonds is 5. The van der Waals surface area contributed by atoms with Crippen LogP contribution < -0.4 is 15.2 Å². The van der Waals surface area contributed by atoms with E-state index in [1.807, 2.05) is 6.07 Å². The topological polar surface area (TPSA) is 61.5 Å². The van der Waals surface area contributed by atoms with Crippen molar-refractivity contribution < 1.29 is 14.3 Å². The molecule has 116 valence electrons. The maximum atomic E-state index is 11.3. The van der Waals surface area contributed by atoms with Crippen molar-refractivity contribution in [3.05, 3.63) is 22.2 Å². The van der Waals surface area contributed by atoms with E-state index in [1.54, 1.807) is 7.11 Å². The molecule has 5 heteroatoms. The Hall–Kier alpha value is -1.26. The Morgan fingerprint density at radius 1 is 1.24 bits per heavy atom. The summed E-state index contributed by atoms with van der Waals surface area (Å²) in [4.78, 5) is 11.3. The van der Waals surface area contributed by atoms with Crippen molar-refractivity contribution >= 4 is 17.9 Å². The van der Waals surface area contributed by atoms with Crippen LogP contribution in [0.3, 0.4) is 0 Å². The highest BCUT2D eigenvalue weighted by Gasteiger charge is 2.37. The first-order valence-corrected chi connectivity index (χ1v) is 7.61. The van der Waals surface area contributed by atoms with E-state index in [1.165, 1.54) is 13.5 Å². The van der Waals surface area contributed by atoms with E-state index >= 15 is 0 Å². The van der Waals surface area contributed by atoms with Gasteiger partial charge in [0, 0.05) is 17.5 Å². The van der Waals surface area contributed by atoms with Crippen molar-refractivity contribution in [1.29, 1.82) is 0 Å². The van der Waals surface area contributed by atoms with Gasteiger partial charge in [-0.15, -0.1) is 0 Å². The Morgan fingerprint density at radius 2 is 1.86 bits per heavy atom. The van der Waals surface area contributed by atoms with Crippen LogP contribution in [0.25, 0.3) is 0 Å². The molecular formula is C16H22ClNO3. The number of carbonyl (C=O) groups excluding carboxylic acids is 1. The van der Waals surface area contributed by atoms with Crippen LogP contribution in [0, 0.1) is 0 Å². The molecule has 0 aliphatic heterocycles. The molecule has 2 rings (SSSR count). The highest BCUT2D eigenvalue weighted by Crippen LogP contribution is 2.48. The average molecular weight is 312 g/mol. The van der Waals surface area contributed by atoms with E-state index < -0.39 is 0 Å². The molecule has 0 spiro atoms. The lowest BCUT2D eigenvalue weighted by atomic mass is 9.69. The molecule has 4 nitrogen and oxygen atoms in total. The summed E-state index contributed by atoms with van der Waals surface area (Å²) in [6, 6.07) is 1.82. The second-order valence-electron chi connectivity index (χ2n) is 5.55. The number of carbonyl (C=O) groups is 1. The van der Waals surface area contributed by atoms with Crippen LogP contribution in [0.15, 0.2) is 6.07 Å². The molecular weight excluding hydrogens is 290 g/mol. The standard InChI is InChI=1S/C16H22ClNO3/c1-20-14-11(9-19)13(17)8-12(15(14)21-2)16(10-18)6-4-3-5-7-16/h8-9H,3-7,10,18H2,1-2H3. The summed E-state index contributed by atoms with van der Waals surface area (Å²) < 4.78 is 10.9. The largest absolute Gasteiger partial charge is 0.493 e. The smallest absolute Gasteiger partial charge is 0.173 e. The normalized spacial score (nSPS) is 17.3. The average Bonchev–Trinajstić information content (AvgIpc) is 2.54. The third kappa shape index (κ3) is 2.74. The molecule has 1 aromatic rings. The second kappa shape index (κ2) is 6.67. The van der Waals surface area contributed by atoms with Gasteiger partial charge in [-0.05, 0) is 18.9 Å². The summed E-state index contributed by atoms with van der Waals surface area (Å²) in [6.07, 6.45) is 6.19. The highest BCUT2D eigenvalue weighted by atomic mass is 35.5. The van der Waals surface area contributed by atoms with Crippen LogP contribution >= 0.6 is 11.6 Å². The first-order chi connectivity index (χ1) is 10.1. The van der Waals surface area contributed by atoms with Crippen molar-refractivity contribution in [1.82, 2.24) is 0 Å². The van der Waals surface area contributed by atoms with Crippen molar-refractivity contribution in [2.45, 2.75) is 37.5 Å². The quantitative estimate of drug-likeness (QED) is 0.847. The molecule has 1 aromatic carbocycles. The van der Waals surface area contributed by atoms with E-state index in [4.69, 9.17) is 26.8 Å². The van der Waals surface area contributed by atoms with Gasteiger partial charge in [-0.1, -0.05) is 30.9 Å². The molecule has 1 aliphatic rings. The summed E-state index contributed by atoms with van der Waals surface area (Å²) in [5, 5.41) is 0.385. The minimum absolute atomic E-state index is 0.151. The molecule has 0 unspecified atom stereocenters. The van der Waals surface area contributed by atoms with E-state index in [9.17, 15) is 4.79 Å². The predicted octanol–water partition coefficient (Wildman–Crippen LogP) is 3.33. The number of nitrogens with two attached hydrogens (primary N) is 1. The molecule has 1 aliphatic carbocycles. The van der Waals surface area contributed by atoms with Crippen molar-refractivity contribution in [2.75, 3.05) is 20.8 Å². The zero-order valence-corrected chi connectivity index (χ0v) is 13.3. The van der Waals surface area contributed by atoms with Crippen LogP contribution in [-0.4, -0.2) is 27.1 Å². The second-order valence-corrected chi connectivity index (χ2v) is 5.96. The molecule has 0 saturated heterocycles. The maximum absolute atomic E-state index is 11.3. The Morgan fingerprint density at radius 3 is 2.33 bits per heavy atom. The van der Waals surface area contributed by atoms with Gasteiger partial charge in [0.15, 0.2) is 17.8 Å². The Kier molecular flexibility index (Phi) is 5.12. The molecule has 0 aromatic heterocycles. The third-order valence-electron chi connectivity index (χ3n) is 4.52. The molecule has 0 radical (unpaired) electrons. The molecule has 2 N–H and O–H groups in total. The van der Waals surface area contributed by atoms with E-state index in [0.717, 1.165) is 31.2 Å². The van der Waals surface area contributed by atoms with Crippen molar-refractivity contribution in [2.24, 2.45) is 5.73 Å².